The van der Waals surface area contributed by atoms with E-state index in [1.165, 1.54) is 11.1 Å². The lowest BCUT2D eigenvalue weighted by Crippen LogP contribution is -2.47. The van der Waals surface area contributed by atoms with Crippen molar-refractivity contribution in [2.45, 2.75) is 45.2 Å². The molecule has 2 amide bonds. The van der Waals surface area contributed by atoms with Gasteiger partial charge in [-0.3, -0.25) is 14.5 Å². The Labute approximate surface area is 167 Å². The number of hydrogen-bond donors (Lipinski definition) is 2. The minimum absolute atomic E-state index is 0.0496. The number of nitrogens with zero attached hydrogens (tertiary/aromatic N) is 1. The van der Waals surface area contributed by atoms with Crippen LogP contribution < -0.4 is 10.6 Å². The van der Waals surface area contributed by atoms with Crippen LogP contribution in [0, 0.1) is 0 Å². The van der Waals surface area contributed by atoms with E-state index in [4.69, 9.17) is 0 Å². The second-order valence-electron chi connectivity index (χ2n) is 7.74. The number of carbonyl (C=O) groups excluding carboxylic acids is 2. The maximum absolute atomic E-state index is 12.2. The Morgan fingerprint density at radius 1 is 0.964 bits per heavy atom. The number of likely N-dealkylation sites (tertiary alicyclic amines) is 1. The third-order valence-electron chi connectivity index (χ3n) is 5.21. The van der Waals surface area contributed by atoms with Gasteiger partial charge >= 0.3 is 11.8 Å². The molecule has 1 fully saturated rings. The molecule has 5 heteroatoms. The maximum Gasteiger partial charge on any atom is 0.313 e. The van der Waals surface area contributed by atoms with E-state index in [2.05, 4.69) is 53.6 Å². The van der Waals surface area contributed by atoms with Crippen LogP contribution in [0.1, 0.15) is 43.7 Å². The number of hydrogen-bond acceptors (Lipinski definition) is 3. The number of rotatable bonds is 5. The number of benzene rings is 2. The highest BCUT2D eigenvalue weighted by atomic mass is 16.2. The molecule has 0 bridgehead atoms. The molecule has 0 radical (unpaired) electrons. The van der Waals surface area contributed by atoms with Crippen molar-refractivity contribution in [2.24, 2.45) is 0 Å². The Morgan fingerprint density at radius 3 is 2.21 bits per heavy atom. The third-order valence-corrected chi connectivity index (χ3v) is 5.21. The fourth-order valence-corrected chi connectivity index (χ4v) is 3.47. The van der Waals surface area contributed by atoms with Gasteiger partial charge < -0.3 is 10.6 Å². The second-order valence-corrected chi connectivity index (χ2v) is 7.74. The summed E-state index contributed by atoms with van der Waals surface area (Å²) in [4.78, 5) is 26.8. The van der Waals surface area contributed by atoms with Crippen LogP contribution in [-0.4, -0.2) is 35.8 Å². The average Bonchev–Trinajstić information content (AvgIpc) is 2.70. The largest absolute Gasteiger partial charge is 0.345 e. The zero-order valence-electron chi connectivity index (χ0n) is 16.7. The predicted octanol–water partition coefficient (Wildman–Crippen LogP) is 3.53. The van der Waals surface area contributed by atoms with Gasteiger partial charge in [0.25, 0.3) is 0 Å². The van der Waals surface area contributed by atoms with Gasteiger partial charge in [-0.1, -0.05) is 56.3 Å². The molecule has 148 valence electrons. The van der Waals surface area contributed by atoms with Gasteiger partial charge in [0.05, 0.1) is 0 Å². The Balaban J connectivity index is 1.43. The SMILES string of the molecule is CC(C)c1ccc(NC(=O)C(=O)NC2CCN(Cc3ccccc3)CC2)cc1. The Bertz CT molecular complexity index is 779. The van der Waals surface area contributed by atoms with Crippen molar-refractivity contribution in [1.29, 1.82) is 0 Å². The molecule has 0 spiro atoms. The molecule has 1 aliphatic rings. The summed E-state index contributed by atoms with van der Waals surface area (Å²) in [5.41, 5.74) is 3.14. The van der Waals surface area contributed by atoms with E-state index in [0.29, 0.717) is 11.6 Å². The molecule has 0 aromatic heterocycles. The molecule has 28 heavy (non-hydrogen) atoms. The Kier molecular flexibility index (Phi) is 6.82. The average molecular weight is 380 g/mol. The van der Waals surface area contributed by atoms with Crippen LogP contribution in [0.25, 0.3) is 0 Å². The van der Waals surface area contributed by atoms with Crippen LogP contribution in [0.3, 0.4) is 0 Å². The van der Waals surface area contributed by atoms with E-state index in [0.717, 1.165) is 32.5 Å². The summed E-state index contributed by atoms with van der Waals surface area (Å²) >= 11 is 0. The van der Waals surface area contributed by atoms with Crippen LogP contribution in [-0.2, 0) is 16.1 Å². The summed E-state index contributed by atoms with van der Waals surface area (Å²) in [6, 6.07) is 18.1. The number of amides is 2. The first-order valence-corrected chi connectivity index (χ1v) is 9.99. The molecule has 0 saturated carbocycles. The maximum atomic E-state index is 12.2. The van der Waals surface area contributed by atoms with Gasteiger partial charge in [-0.2, -0.15) is 0 Å². The molecule has 1 saturated heterocycles. The Morgan fingerprint density at radius 2 is 1.61 bits per heavy atom. The molecule has 1 aliphatic heterocycles. The molecule has 1 heterocycles. The van der Waals surface area contributed by atoms with Crippen LogP contribution >= 0.6 is 0 Å². The van der Waals surface area contributed by atoms with Gasteiger partial charge in [-0.05, 0) is 42.0 Å². The van der Waals surface area contributed by atoms with E-state index in [9.17, 15) is 9.59 Å². The van der Waals surface area contributed by atoms with Gasteiger partial charge in [-0.25, -0.2) is 0 Å². The molecule has 2 N–H and O–H groups in total. The first-order valence-electron chi connectivity index (χ1n) is 9.99. The summed E-state index contributed by atoms with van der Waals surface area (Å²) < 4.78 is 0. The smallest absolute Gasteiger partial charge is 0.313 e. The Hall–Kier alpha value is -2.66. The molecule has 0 unspecified atom stereocenters. The van der Waals surface area contributed by atoms with Crippen molar-refractivity contribution in [3.8, 4) is 0 Å². The highest BCUT2D eigenvalue weighted by molar-refractivity contribution is 6.39. The second kappa shape index (κ2) is 9.51. The zero-order chi connectivity index (χ0) is 19.9. The first kappa shape index (κ1) is 20.1. The fraction of sp³-hybridized carbons (Fsp3) is 0.391. The zero-order valence-corrected chi connectivity index (χ0v) is 16.7. The molecule has 5 nitrogen and oxygen atoms in total. The molecular formula is C23H29N3O2. The lowest BCUT2D eigenvalue weighted by molar-refractivity contribution is -0.136. The summed E-state index contributed by atoms with van der Waals surface area (Å²) in [6.45, 7) is 6.99. The van der Waals surface area contributed by atoms with Crippen LogP contribution in [0.2, 0.25) is 0 Å². The monoisotopic (exact) mass is 379 g/mol. The molecule has 2 aromatic rings. The van der Waals surface area contributed by atoms with Crippen molar-refractivity contribution < 1.29 is 9.59 Å². The van der Waals surface area contributed by atoms with Crippen molar-refractivity contribution >= 4 is 17.5 Å². The summed E-state index contributed by atoms with van der Waals surface area (Å²) in [7, 11) is 0. The van der Waals surface area contributed by atoms with Gasteiger partial charge in [0, 0.05) is 31.4 Å². The van der Waals surface area contributed by atoms with Crippen LogP contribution in [0.4, 0.5) is 5.69 Å². The third kappa shape index (κ3) is 5.67. The summed E-state index contributed by atoms with van der Waals surface area (Å²) in [6.07, 6.45) is 1.71. The van der Waals surface area contributed by atoms with E-state index in [1.807, 2.05) is 30.3 Å². The molecule has 3 rings (SSSR count). The topological polar surface area (TPSA) is 61.4 Å². The van der Waals surface area contributed by atoms with E-state index in [-0.39, 0.29) is 6.04 Å². The van der Waals surface area contributed by atoms with E-state index in [1.54, 1.807) is 0 Å². The van der Waals surface area contributed by atoms with E-state index < -0.39 is 11.8 Å². The quantitative estimate of drug-likeness (QED) is 0.782. The van der Waals surface area contributed by atoms with Crippen LogP contribution in [0.5, 0.6) is 0 Å². The normalized spacial score (nSPS) is 15.4. The van der Waals surface area contributed by atoms with Crippen LogP contribution in [0.15, 0.2) is 54.6 Å². The summed E-state index contributed by atoms with van der Waals surface area (Å²) in [5, 5.41) is 5.55. The molecule has 0 aliphatic carbocycles. The fourth-order valence-electron chi connectivity index (χ4n) is 3.47. The van der Waals surface area contributed by atoms with Gasteiger partial charge in [0.1, 0.15) is 0 Å². The van der Waals surface area contributed by atoms with E-state index >= 15 is 0 Å². The minimum Gasteiger partial charge on any atom is -0.345 e. The molecular weight excluding hydrogens is 350 g/mol. The number of piperidine rings is 1. The highest BCUT2D eigenvalue weighted by Crippen LogP contribution is 2.17. The standard InChI is InChI=1S/C23H29N3O2/c1-17(2)19-8-10-20(11-9-19)24-22(27)23(28)25-21-12-14-26(15-13-21)16-18-6-4-3-5-7-18/h3-11,17,21H,12-16H2,1-2H3,(H,24,27)(H,25,28). The van der Waals surface area contributed by atoms with Gasteiger partial charge in [0.2, 0.25) is 0 Å². The van der Waals surface area contributed by atoms with Gasteiger partial charge in [-0.15, -0.1) is 0 Å². The number of anilines is 1. The lowest BCUT2D eigenvalue weighted by atomic mass is 10.0. The lowest BCUT2D eigenvalue weighted by Gasteiger charge is -2.32. The first-order chi connectivity index (χ1) is 13.5. The molecule has 2 aromatic carbocycles. The number of nitrogens with one attached hydrogen (secondary N) is 2. The molecule has 0 atom stereocenters. The van der Waals surface area contributed by atoms with Crippen molar-refractivity contribution in [3.05, 3.63) is 65.7 Å². The summed E-state index contributed by atoms with van der Waals surface area (Å²) in [5.74, 6) is -0.737. The van der Waals surface area contributed by atoms with Crippen molar-refractivity contribution in [2.75, 3.05) is 18.4 Å². The van der Waals surface area contributed by atoms with Crippen molar-refractivity contribution in [3.63, 3.8) is 0 Å². The van der Waals surface area contributed by atoms with Gasteiger partial charge in [0.15, 0.2) is 0 Å². The number of carbonyl (C=O) groups is 2. The highest BCUT2D eigenvalue weighted by Gasteiger charge is 2.23. The minimum atomic E-state index is -0.607. The predicted molar refractivity (Wildman–Crippen MR) is 112 cm³/mol. The van der Waals surface area contributed by atoms with Crippen molar-refractivity contribution in [1.82, 2.24) is 10.2 Å².